The number of carbonyl (C=O) groups excluding carboxylic acids is 1. The monoisotopic (exact) mass is 248 g/mol. The summed E-state index contributed by atoms with van der Waals surface area (Å²) >= 11 is 0. The number of nitrogens with one attached hydrogen (secondary N) is 1. The molecular formula is C14H17FN2O. The number of amides is 1. The molecule has 3 rings (SSSR count). The molecule has 4 heteroatoms. The second kappa shape index (κ2) is 4.35. The Morgan fingerprint density at radius 3 is 2.94 bits per heavy atom. The Bertz CT molecular complexity index is 450. The van der Waals surface area contributed by atoms with Crippen molar-refractivity contribution >= 4 is 5.91 Å². The molecule has 0 aromatic heterocycles. The Hall–Kier alpha value is -1.42. The third-order valence-corrected chi connectivity index (χ3v) is 3.97. The van der Waals surface area contributed by atoms with Gasteiger partial charge in [0, 0.05) is 13.1 Å². The molecule has 3 nitrogen and oxygen atoms in total. The number of carbonyl (C=O) groups is 1. The highest BCUT2D eigenvalue weighted by Gasteiger charge is 2.52. The SMILES string of the molecule is O=C1NCC2(F)CN(Cc3ccccc3)CCC12. The van der Waals surface area contributed by atoms with Crippen LogP contribution in [0.1, 0.15) is 12.0 Å². The first kappa shape index (κ1) is 11.7. The summed E-state index contributed by atoms with van der Waals surface area (Å²) in [7, 11) is 0. The summed E-state index contributed by atoms with van der Waals surface area (Å²) in [4.78, 5) is 13.6. The smallest absolute Gasteiger partial charge is 0.226 e. The van der Waals surface area contributed by atoms with Gasteiger partial charge in [-0.1, -0.05) is 30.3 Å². The molecule has 2 saturated heterocycles. The standard InChI is InChI=1S/C14H17FN2O/c15-14-9-16-13(18)12(14)6-7-17(10-14)8-11-4-2-1-3-5-11/h1-5,12H,6-10H2,(H,16,18). The van der Waals surface area contributed by atoms with Crippen LogP contribution in [0, 0.1) is 5.92 Å². The largest absolute Gasteiger partial charge is 0.352 e. The fourth-order valence-corrected chi connectivity index (χ4v) is 3.01. The molecule has 1 N–H and O–H groups in total. The number of nitrogens with zero attached hydrogens (tertiary/aromatic N) is 1. The van der Waals surface area contributed by atoms with E-state index in [0.717, 1.165) is 13.1 Å². The number of hydrogen-bond acceptors (Lipinski definition) is 2. The molecule has 2 atom stereocenters. The van der Waals surface area contributed by atoms with Gasteiger partial charge < -0.3 is 5.32 Å². The minimum Gasteiger partial charge on any atom is -0.352 e. The summed E-state index contributed by atoms with van der Waals surface area (Å²) in [5, 5.41) is 2.65. The van der Waals surface area contributed by atoms with E-state index in [4.69, 9.17) is 0 Å². The quantitative estimate of drug-likeness (QED) is 0.856. The predicted molar refractivity (Wildman–Crippen MR) is 66.7 cm³/mol. The number of fused-ring (bicyclic) bond motifs is 1. The van der Waals surface area contributed by atoms with Crippen molar-refractivity contribution in [3.8, 4) is 0 Å². The molecule has 0 spiro atoms. The van der Waals surface area contributed by atoms with Crippen LogP contribution in [-0.2, 0) is 11.3 Å². The summed E-state index contributed by atoms with van der Waals surface area (Å²) in [6, 6.07) is 10.1. The molecule has 0 saturated carbocycles. The third-order valence-electron chi connectivity index (χ3n) is 3.97. The first-order valence-electron chi connectivity index (χ1n) is 6.40. The average Bonchev–Trinajstić information content (AvgIpc) is 2.66. The second-order valence-corrected chi connectivity index (χ2v) is 5.29. The van der Waals surface area contributed by atoms with Crippen molar-refractivity contribution in [1.82, 2.24) is 10.2 Å². The molecule has 2 fully saturated rings. The summed E-state index contributed by atoms with van der Waals surface area (Å²) in [6.45, 7) is 2.07. The Labute approximate surface area is 106 Å². The van der Waals surface area contributed by atoms with Crippen LogP contribution in [-0.4, -0.2) is 36.1 Å². The molecule has 0 aliphatic carbocycles. The summed E-state index contributed by atoms with van der Waals surface area (Å²) in [5.41, 5.74) is -0.179. The van der Waals surface area contributed by atoms with Crippen LogP contribution in [0.25, 0.3) is 0 Å². The van der Waals surface area contributed by atoms with Gasteiger partial charge in [-0.2, -0.15) is 0 Å². The maximum Gasteiger partial charge on any atom is 0.226 e. The van der Waals surface area contributed by atoms with E-state index < -0.39 is 11.6 Å². The van der Waals surface area contributed by atoms with Crippen LogP contribution < -0.4 is 5.32 Å². The summed E-state index contributed by atoms with van der Waals surface area (Å²) < 4.78 is 14.6. The van der Waals surface area contributed by atoms with Crippen molar-refractivity contribution in [3.63, 3.8) is 0 Å². The van der Waals surface area contributed by atoms with Crippen molar-refractivity contribution in [2.24, 2.45) is 5.92 Å². The van der Waals surface area contributed by atoms with Gasteiger partial charge in [-0.25, -0.2) is 4.39 Å². The van der Waals surface area contributed by atoms with Crippen molar-refractivity contribution in [3.05, 3.63) is 35.9 Å². The Balaban J connectivity index is 1.69. The lowest BCUT2D eigenvalue weighted by atomic mass is 9.85. The van der Waals surface area contributed by atoms with E-state index in [0.29, 0.717) is 13.0 Å². The first-order valence-corrected chi connectivity index (χ1v) is 6.40. The van der Waals surface area contributed by atoms with Gasteiger partial charge in [0.15, 0.2) is 5.67 Å². The first-order chi connectivity index (χ1) is 8.67. The van der Waals surface area contributed by atoms with E-state index >= 15 is 0 Å². The van der Waals surface area contributed by atoms with E-state index in [1.54, 1.807) is 0 Å². The highest BCUT2D eigenvalue weighted by molar-refractivity contribution is 5.83. The zero-order valence-corrected chi connectivity index (χ0v) is 10.2. The minimum absolute atomic E-state index is 0.114. The lowest BCUT2D eigenvalue weighted by Crippen LogP contribution is -2.51. The van der Waals surface area contributed by atoms with Gasteiger partial charge in [0.2, 0.25) is 5.91 Å². The molecule has 96 valence electrons. The molecule has 2 heterocycles. The van der Waals surface area contributed by atoms with E-state index in [9.17, 15) is 9.18 Å². The van der Waals surface area contributed by atoms with Crippen molar-refractivity contribution < 1.29 is 9.18 Å². The maximum atomic E-state index is 14.6. The molecule has 1 aromatic carbocycles. The predicted octanol–water partition coefficient (Wildman–Crippen LogP) is 1.35. The van der Waals surface area contributed by atoms with E-state index in [2.05, 4.69) is 22.3 Å². The molecule has 2 unspecified atom stereocenters. The molecule has 2 aliphatic heterocycles. The van der Waals surface area contributed by atoms with Crippen LogP contribution in [0.2, 0.25) is 0 Å². The van der Waals surface area contributed by atoms with Gasteiger partial charge in [0.1, 0.15) is 0 Å². The van der Waals surface area contributed by atoms with Crippen LogP contribution in [0.15, 0.2) is 30.3 Å². The van der Waals surface area contributed by atoms with Crippen molar-refractivity contribution in [2.75, 3.05) is 19.6 Å². The van der Waals surface area contributed by atoms with Crippen LogP contribution in [0.4, 0.5) is 4.39 Å². The number of benzene rings is 1. The van der Waals surface area contributed by atoms with E-state index in [1.165, 1.54) is 5.56 Å². The van der Waals surface area contributed by atoms with E-state index in [-0.39, 0.29) is 12.5 Å². The van der Waals surface area contributed by atoms with Gasteiger partial charge >= 0.3 is 0 Å². The zero-order chi connectivity index (χ0) is 12.6. The molecule has 1 aromatic rings. The van der Waals surface area contributed by atoms with Gasteiger partial charge in [-0.3, -0.25) is 9.69 Å². The molecule has 0 bridgehead atoms. The molecule has 0 radical (unpaired) electrons. The summed E-state index contributed by atoms with van der Waals surface area (Å²) in [6.07, 6.45) is 0.620. The average molecular weight is 248 g/mol. The van der Waals surface area contributed by atoms with Crippen molar-refractivity contribution in [1.29, 1.82) is 0 Å². The van der Waals surface area contributed by atoms with Crippen molar-refractivity contribution in [2.45, 2.75) is 18.6 Å². The van der Waals surface area contributed by atoms with Gasteiger partial charge in [0.05, 0.1) is 12.5 Å². The number of alkyl halides is 1. The fraction of sp³-hybridized carbons (Fsp3) is 0.500. The number of piperidine rings is 1. The molecule has 18 heavy (non-hydrogen) atoms. The minimum atomic E-state index is -1.37. The number of hydrogen-bond donors (Lipinski definition) is 1. The molecule has 1 amide bonds. The highest BCUT2D eigenvalue weighted by Crippen LogP contribution is 2.35. The van der Waals surface area contributed by atoms with Gasteiger partial charge in [0.25, 0.3) is 0 Å². The number of rotatable bonds is 2. The second-order valence-electron chi connectivity index (χ2n) is 5.29. The van der Waals surface area contributed by atoms with E-state index in [1.807, 2.05) is 18.2 Å². The Morgan fingerprint density at radius 1 is 1.39 bits per heavy atom. The molecule has 2 aliphatic rings. The fourth-order valence-electron chi connectivity index (χ4n) is 3.01. The Morgan fingerprint density at radius 2 is 2.17 bits per heavy atom. The number of likely N-dealkylation sites (tertiary alicyclic amines) is 1. The summed E-state index contributed by atoms with van der Waals surface area (Å²) in [5.74, 6) is -0.554. The lowest BCUT2D eigenvalue weighted by molar-refractivity contribution is -0.126. The topological polar surface area (TPSA) is 32.3 Å². The maximum absolute atomic E-state index is 14.6. The zero-order valence-electron chi connectivity index (χ0n) is 10.2. The third kappa shape index (κ3) is 2.01. The van der Waals surface area contributed by atoms with Crippen LogP contribution >= 0.6 is 0 Å². The van der Waals surface area contributed by atoms with Crippen LogP contribution in [0.3, 0.4) is 0 Å². The highest BCUT2D eigenvalue weighted by atomic mass is 19.1. The van der Waals surface area contributed by atoms with Gasteiger partial charge in [-0.15, -0.1) is 0 Å². The van der Waals surface area contributed by atoms with Gasteiger partial charge in [-0.05, 0) is 18.5 Å². The lowest BCUT2D eigenvalue weighted by Gasteiger charge is -2.37. The molecular weight excluding hydrogens is 231 g/mol. The number of halogens is 1. The Kier molecular flexibility index (Phi) is 2.82. The normalized spacial score (nSPS) is 32.1. The van der Waals surface area contributed by atoms with Crippen LogP contribution in [0.5, 0.6) is 0 Å².